The van der Waals surface area contributed by atoms with Crippen molar-refractivity contribution in [2.24, 2.45) is 0 Å². The van der Waals surface area contributed by atoms with Crippen molar-refractivity contribution in [3.8, 4) is 0 Å². The van der Waals surface area contributed by atoms with Crippen molar-refractivity contribution in [1.82, 2.24) is 0 Å². The molecular formula is C2H4O2Zn. The number of aliphatic hydroxyl groups excluding tert-OH is 1. The maximum atomic E-state index is 8.38. The van der Waals surface area contributed by atoms with Gasteiger partial charge in [-0.2, -0.15) is 0 Å². The van der Waals surface area contributed by atoms with E-state index in [1.165, 1.54) is 0 Å². The van der Waals surface area contributed by atoms with Gasteiger partial charge in [0.1, 0.15) is 0 Å². The Morgan fingerprint density at radius 2 is 1.80 bits per heavy atom. The predicted molar refractivity (Wildman–Crippen MR) is 13.5 cm³/mol. The second kappa shape index (κ2) is 37.5. The Bertz CT molecular complexity index is 21.6. The SMILES string of the molecule is C=CO.[O]=[Zn]. The van der Waals surface area contributed by atoms with Crippen molar-refractivity contribution in [2.45, 2.75) is 0 Å². The van der Waals surface area contributed by atoms with Gasteiger partial charge in [-0.15, -0.1) is 0 Å². The molecule has 0 aliphatic rings. The van der Waals surface area contributed by atoms with Crippen LogP contribution >= 0.6 is 0 Å². The van der Waals surface area contributed by atoms with Crippen LogP contribution in [0.15, 0.2) is 12.8 Å². The summed E-state index contributed by atoms with van der Waals surface area (Å²) in [4.78, 5) is 0. The fourth-order valence-electron chi connectivity index (χ4n) is 0. The first kappa shape index (κ1) is 8.88. The molecule has 5 heavy (non-hydrogen) atoms. The third kappa shape index (κ3) is 11400. The summed E-state index contributed by atoms with van der Waals surface area (Å²) in [5.74, 6) is 0. The van der Waals surface area contributed by atoms with Crippen LogP contribution in [0, 0.1) is 0 Å². The second-order valence-electron chi connectivity index (χ2n) is 0.183. The van der Waals surface area contributed by atoms with E-state index < -0.39 is 0 Å². The summed E-state index contributed by atoms with van der Waals surface area (Å²) in [7, 11) is 0. The summed E-state index contributed by atoms with van der Waals surface area (Å²) >= 11 is 0.125. The molecule has 2 nitrogen and oxygen atoms in total. The standard InChI is InChI=1S/C2H4O.O.Zn/c1-2-3;;/h2-3H,1H2;;. The van der Waals surface area contributed by atoms with Gasteiger partial charge in [0.25, 0.3) is 0 Å². The van der Waals surface area contributed by atoms with E-state index in [2.05, 4.69) is 6.58 Å². The Hall–Kier alpha value is -0.0366. The summed E-state index contributed by atoms with van der Waals surface area (Å²) in [6.07, 6.45) is 0.750. The average Bonchev–Trinajstić information content (AvgIpc) is 1.46. The van der Waals surface area contributed by atoms with E-state index in [0.717, 1.165) is 6.26 Å². The molecule has 0 aliphatic carbocycles. The zero-order valence-corrected chi connectivity index (χ0v) is 5.81. The van der Waals surface area contributed by atoms with Gasteiger partial charge < -0.3 is 5.11 Å². The van der Waals surface area contributed by atoms with Crippen molar-refractivity contribution >= 4 is 0 Å². The van der Waals surface area contributed by atoms with Gasteiger partial charge in [-0.1, -0.05) is 6.58 Å². The molecule has 0 rings (SSSR count). The Kier molecular flexibility index (Phi) is 66.6. The Balaban J connectivity index is 0. The van der Waals surface area contributed by atoms with E-state index in [9.17, 15) is 0 Å². The molecule has 0 bridgehead atoms. The first-order valence-corrected chi connectivity index (χ1v) is 2.17. The zero-order valence-electron chi connectivity index (χ0n) is 2.85. The minimum atomic E-state index is 0.125. The molecule has 0 saturated heterocycles. The number of hydrogen-bond acceptors (Lipinski definition) is 2. The van der Waals surface area contributed by atoms with Crippen molar-refractivity contribution in [3.05, 3.63) is 12.8 Å². The molecule has 0 aromatic carbocycles. The van der Waals surface area contributed by atoms with Gasteiger partial charge in [0.2, 0.25) is 0 Å². The summed E-state index contributed by atoms with van der Waals surface area (Å²) < 4.78 is 8.38. The van der Waals surface area contributed by atoms with Gasteiger partial charge >= 0.3 is 21.8 Å². The van der Waals surface area contributed by atoms with Crippen molar-refractivity contribution in [2.75, 3.05) is 0 Å². The number of hydrogen-bond donors (Lipinski definition) is 1. The summed E-state index contributed by atoms with van der Waals surface area (Å²) in [5, 5.41) is 7.33. The summed E-state index contributed by atoms with van der Waals surface area (Å²) in [5.41, 5.74) is 0. The first-order valence-electron chi connectivity index (χ1n) is 0.955. The molecule has 0 amide bonds. The van der Waals surface area contributed by atoms with E-state index >= 15 is 0 Å². The van der Waals surface area contributed by atoms with Crippen molar-refractivity contribution in [3.63, 3.8) is 0 Å². The molecule has 0 radical (unpaired) electrons. The van der Waals surface area contributed by atoms with Crippen LogP contribution in [0.2, 0.25) is 0 Å². The van der Waals surface area contributed by atoms with E-state index in [4.69, 9.17) is 8.68 Å². The molecule has 0 atom stereocenters. The molecule has 0 heterocycles. The van der Waals surface area contributed by atoms with Crippen LogP contribution < -0.4 is 0 Å². The van der Waals surface area contributed by atoms with Gasteiger partial charge in [-0.05, 0) is 0 Å². The Morgan fingerprint density at radius 1 is 1.80 bits per heavy atom. The van der Waals surface area contributed by atoms with Crippen molar-refractivity contribution in [1.29, 1.82) is 0 Å². The summed E-state index contributed by atoms with van der Waals surface area (Å²) in [6, 6.07) is 0. The molecule has 0 fully saturated rings. The van der Waals surface area contributed by atoms with Crippen LogP contribution in [-0.4, -0.2) is 5.11 Å². The molecule has 0 spiro atoms. The molecule has 0 aliphatic heterocycles. The monoisotopic (exact) mass is 124 g/mol. The van der Waals surface area contributed by atoms with Crippen LogP contribution in [0.1, 0.15) is 0 Å². The molecule has 0 aromatic heterocycles. The van der Waals surface area contributed by atoms with Crippen LogP contribution in [0.3, 0.4) is 0 Å². The number of rotatable bonds is 0. The molecular weight excluding hydrogens is 121 g/mol. The quantitative estimate of drug-likeness (QED) is 0.380. The van der Waals surface area contributed by atoms with E-state index in [-0.39, 0.29) is 18.3 Å². The van der Waals surface area contributed by atoms with E-state index in [0.29, 0.717) is 0 Å². The minimum absolute atomic E-state index is 0.125. The maximum absolute atomic E-state index is 8.38. The van der Waals surface area contributed by atoms with E-state index in [1.54, 1.807) is 0 Å². The first-order chi connectivity index (χ1) is 2.41. The normalized spacial score (nSPS) is 3.60. The molecule has 0 aromatic rings. The molecule has 0 unspecified atom stereocenters. The van der Waals surface area contributed by atoms with Crippen molar-refractivity contribution < 1.29 is 26.9 Å². The average molecular weight is 125 g/mol. The number of aliphatic hydroxyl groups is 1. The fourth-order valence-corrected chi connectivity index (χ4v) is 0. The Morgan fingerprint density at radius 3 is 1.80 bits per heavy atom. The predicted octanol–water partition coefficient (Wildman–Crippen LogP) is 0.567. The second-order valence-corrected chi connectivity index (χ2v) is 0.183. The third-order valence-electron chi connectivity index (χ3n) is 0. The zero-order chi connectivity index (χ0) is 4.71. The van der Waals surface area contributed by atoms with Gasteiger partial charge in [0, 0.05) is 0 Å². The molecule has 26 valence electrons. The topological polar surface area (TPSA) is 37.3 Å². The van der Waals surface area contributed by atoms with Crippen LogP contribution in [-0.2, 0) is 21.8 Å². The van der Waals surface area contributed by atoms with Gasteiger partial charge in [-0.25, -0.2) is 0 Å². The third-order valence-corrected chi connectivity index (χ3v) is 0. The van der Waals surface area contributed by atoms with Crippen LogP contribution in [0.5, 0.6) is 0 Å². The molecule has 3 heteroatoms. The van der Waals surface area contributed by atoms with E-state index in [1.807, 2.05) is 0 Å². The fraction of sp³-hybridized carbons (Fsp3) is 0. The van der Waals surface area contributed by atoms with Gasteiger partial charge in [0.05, 0.1) is 6.26 Å². The summed E-state index contributed by atoms with van der Waals surface area (Å²) in [6.45, 7) is 2.92. The van der Waals surface area contributed by atoms with Crippen LogP contribution in [0.25, 0.3) is 0 Å². The molecule has 1 N–H and O–H groups in total. The van der Waals surface area contributed by atoms with Gasteiger partial charge in [-0.3, -0.25) is 0 Å². The van der Waals surface area contributed by atoms with Gasteiger partial charge in [0.15, 0.2) is 0 Å². The Labute approximate surface area is 40.4 Å². The molecule has 0 saturated carbocycles. The van der Waals surface area contributed by atoms with Crippen LogP contribution in [0.4, 0.5) is 0 Å².